The first-order valence-electron chi connectivity index (χ1n) is 13.9. The number of carbonyl (C=O) groups excluding carboxylic acids is 1. The van der Waals surface area contributed by atoms with Gasteiger partial charge in [-0.05, 0) is 24.1 Å². The lowest BCUT2D eigenvalue weighted by Crippen LogP contribution is -2.34. The Kier molecular flexibility index (Phi) is 7.58. The molecule has 6 rings (SSSR count). The minimum atomic E-state index is -1.09. The Balaban J connectivity index is 1.40. The Morgan fingerprint density at radius 1 is 0.791 bits per heavy atom. The van der Waals surface area contributed by atoms with E-state index in [1.54, 1.807) is 43.3 Å². The summed E-state index contributed by atoms with van der Waals surface area (Å²) < 4.78 is 18.5. The summed E-state index contributed by atoms with van der Waals surface area (Å²) in [5.74, 6) is 0.0413. The molecule has 0 fully saturated rings. The zero-order chi connectivity index (χ0) is 29.8. The van der Waals surface area contributed by atoms with Crippen molar-refractivity contribution in [3.63, 3.8) is 0 Å². The van der Waals surface area contributed by atoms with E-state index in [0.717, 1.165) is 11.1 Å². The van der Waals surface area contributed by atoms with Crippen LogP contribution in [0, 0.1) is 11.3 Å². The molecule has 210 valence electrons. The Hall–Kier alpha value is -5.87. The molecule has 1 atom stereocenters. The molecule has 43 heavy (non-hydrogen) atoms. The molecule has 7 heteroatoms. The van der Waals surface area contributed by atoms with Crippen LogP contribution in [0.15, 0.2) is 129 Å². The second kappa shape index (κ2) is 11.9. The smallest absolute Gasteiger partial charge is 0.267 e. The first-order valence-corrected chi connectivity index (χ1v) is 13.9. The first-order chi connectivity index (χ1) is 21.1. The fourth-order valence-electron chi connectivity index (χ4n) is 4.97. The molecule has 0 saturated heterocycles. The summed E-state index contributed by atoms with van der Waals surface area (Å²) in [5, 5.41) is 13.3. The standard InChI is InChI=1S/C36H26N2O5/c1-2-28(41-34-31(39)26-20-12-13-21-29(26)42-33(34)25-18-10-5-11-19-25)35(40)38-36-27(22-37)30(23-14-6-3-7-15-23)32(43-36)24-16-8-4-9-17-24/h3-21,28H,2H2,1H3,(H,38,40). The molecule has 1 amide bonds. The van der Waals surface area contributed by atoms with Crippen LogP contribution in [0.3, 0.4) is 0 Å². The third-order valence-electron chi connectivity index (χ3n) is 7.07. The molecule has 2 aromatic heterocycles. The molecule has 0 aliphatic carbocycles. The van der Waals surface area contributed by atoms with E-state index in [2.05, 4.69) is 11.4 Å². The van der Waals surface area contributed by atoms with Gasteiger partial charge in [0.1, 0.15) is 23.0 Å². The first kappa shape index (κ1) is 27.3. The maximum absolute atomic E-state index is 13.7. The number of fused-ring (bicyclic) bond motifs is 1. The number of para-hydroxylation sites is 1. The number of nitrogens with one attached hydrogen (secondary N) is 1. The Labute approximate surface area is 247 Å². The highest BCUT2D eigenvalue weighted by atomic mass is 16.5. The number of hydrogen-bond acceptors (Lipinski definition) is 6. The Bertz CT molecular complexity index is 2010. The van der Waals surface area contributed by atoms with Crippen molar-refractivity contribution in [2.24, 2.45) is 0 Å². The van der Waals surface area contributed by atoms with Gasteiger partial charge in [-0.3, -0.25) is 14.9 Å². The predicted octanol–water partition coefficient (Wildman–Crippen LogP) is 8.05. The molecule has 0 bridgehead atoms. The molecule has 0 spiro atoms. The van der Waals surface area contributed by atoms with Crippen LogP contribution in [0.5, 0.6) is 5.75 Å². The van der Waals surface area contributed by atoms with Crippen molar-refractivity contribution >= 4 is 22.8 Å². The summed E-state index contributed by atoms with van der Waals surface area (Å²) in [6.07, 6.45) is -0.866. The van der Waals surface area contributed by atoms with Gasteiger partial charge in [-0.25, -0.2) is 0 Å². The second-order valence-electron chi connectivity index (χ2n) is 9.81. The summed E-state index contributed by atoms with van der Waals surface area (Å²) in [5.41, 5.74) is 2.93. The van der Waals surface area contributed by atoms with Gasteiger partial charge in [0.25, 0.3) is 5.91 Å². The van der Waals surface area contributed by atoms with Crippen molar-refractivity contribution in [3.8, 4) is 45.6 Å². The van der Waals surface area contributed by atoms with Crippen LogP contribution >= 0.6 is 0 Å². The van der Waals surface area contributed by atoms with Gasteiger partial charge in [-0.1, -0.05) is 110 Å². The van der Waals surface area contributed by atoms with Gasteiger partial charge in [0.05, 0.1) is 5.39 Å². The average molecular weight is 567 g/mol. The Morgan fingerprint density at radius 3 is 1.95 bits per heavy atom. The van der Waals surface area contributed by atoms with Crippen molar-refractivity contribution in [2.75, 3.05) is 5.32 Å². The van der Waals surface area contributed by atoms with Crippen LogP contribution in [0.4, 0.5) is 5.88 Å². The summed E-state index contributed by atoms with van der Waals surface area (Å²) in [6.45, 7) is 1.77. The molecule has 1 unspecified atom stereocenters. The number of hydrogen-bond donors (Lipinski definition) is 1. The topological polar surface area (TPSA) is 105 Å². The minimum absolute atomic E-state index is 0.00100. The number of benzene rings is 4. The van der Waals surface area contributed by atoms with Crippen molar-refractivity contribution in [3.05, 3.63) is 131 Å². The SMILES string of the molecule is CCC(Oc1c(-c2ccccc2)oc2ccccc2c1=O)C(=O)Nc1oc(-c2ccccc2)c(-c2ccccc2)c1C#N. The van der Waals surface area contributed by atoms with Crippen LogP contribution in [-0.4, -0.2) is 12.0 Å². The van der Waals surface area contributed by atoms with Crippen molar-refractivity contribution < 1.29 is 18.4 Å². The van der Waals surface area contributed by atoms with Crippen LogP contribution < -0.4 is 15.5 Å². The molecular weight excluding hydrogens is 540 g/mol. The van der Waals surface area contributed by atoms with E-state index in [1.165, 1.54) is 0 Å². The summed E-state index contributed by atoms with van der Waals surface area (Å²) >= 11 is 0. The zero-order valence-corrected chi connectivity index (χ0v) is 23.2. The summed E-state index contributed by atoms with van der Waals surface area (Å²) in [4.78, 5) is 27.3. The highest BCUT2D eigenvalue weighted by Crippen LogP contribution is 2.41. The van der Waals surface area contributed by atoms with E-state index >= 15 is 0 Å². The molecule has 0 saturated carbocycles. The zero-order valence-electron chi connectivity index (χ0n) is 23.2. The molecule has 7 nitrogen and oxygen atoms in total. The van der Waals surface area contributed by atoms with Gasteiger partial charge in [-0.15, -0.1) is 0 Å². The van der Waals surface area contributed by atoms with Gasteiger partial charge in [0.15, 0.2) is 11.9 Å². The number of rotatable bonds is 8. The van der Waals surface area contributed by atoms with E-state index in [4.69, 9.17) is 13.6 Å². The van der Waals surface area contributed by atoms with Crippen molar-refractivity contribution in [1.82, 2.24) is 0 Å². The fourth-order valence-corrected chi connectivity index (χ4v) is 4.97. The normalized spacial score (nSPS) is 11.5. The molecule has 1 N–H and O–H groups in total. The quantitative estimate of drug-likeness (QED) is 0.200. The maximum Gasteiger partial charge on any atom is 0.267 e. The van der Waals surface area contributed by atoms with E-state index in [9.17, 15) is 14.9 Å². The van der Waals surface area contributed by atoms with Crippen LogP contribution in [-0.2, 0) is 4.79 Å². The largest absolute Gasteiger partial charge is 0.473 e. The van der Waals surface area contributed by atoms with Gasteiger partial charge < -0.3 is 13.6 Å². The van der Waals surface area contributed by atoms with Gasteiger partial charge in [0, 0.05) is 16.7 Å². The lowest BCUT2D eigenvalue weighted by atomic mass is 9.98. The number of anilines is 1. The molecule has 0 radical (unpaired) electrons. The molecule has 0 aliphatic rings. The molecule has 4 aromatic carbocycles. The molecule has 2 heterocycles. The van der Waals surface area contributed by atoms with Gasteiger partial charge in [0.2, 0.25) is 17.1 Å². The number of nitrogens with zero attached hydrogens (tertiary/aromatic N) is 1. The van der Waals surface area contributed by atoms with E-state index < -0.39 is 12.0 Å². The maximum atomic E-state index is 13.7. The second-order valence-corrected chi connectivity index (χ2v) is 9.81. The number of ether oxygens (including phenoxy) is 1. The van der Waals surface area contributed by atoms with E-state index in [-0.39, 0.29) is 34.8 Å². The van der Waals surface area contributed by atoms with Gasteiger partial charge >= 0.3 is 0 Å². The average Bonchev–Trinajstić information content (AvgIpc) is 3.43. The van der Waals surface area contributed by atoms with Crippen molar-refractivity contribution in [2.45, 2.75) is 19.4 Å². The van der Waals surface area contributed by atoms with E-state index in [1.807, 2.05) is 78.9 Å². The van der Waals surface area contributed by atoms with Crippen LogP contribution in [0.25, 0.3) is 44.7 Å². The predicted molar refractivity (Wildman–Crippen MR) is 166 cm³/mol. The third-order valence-corrected chi connectivity index (χ3v) is 7.07. The lowest BCUT2D eigenvalue weighted by Gasteiger charge is -2.18. The molecule has 6 aromatic rings. The highest BCUT2D eigenvalue weighted by Gasteiger charge is 2.29. The number of amides is 1. The van der Waals surface area contributed by atoms with Crippen molar-refractivity contribution in [1.29, 1.82) is 5.26 Å². The van der Waals surface area contributed by atoms with Gasteiger partial charge in [-0.2, -0.15) is 5.26 Å². The highest BCUT2D eigenvalue weighted by molar-refractivity contribution is 5.98. The number of carbonyl (C=O) groups is 1. The number of furan rings is 1. The lowest BCUT2D eigenvalue weighted by molar-refractivity contribution is -0.123. The molecule has 0 aliphatic heterocycles. The minimum Gasteiger partial charge on any atom is -0.473 e. The summed E-state index contributed by atoms with van der Waals surface area (Å²) in [7, 11) is 0. The van der Waals surface area contributed by atoms with Crippen LogP contribution in [0.2, 0.25) is 0 Å². The monoisotopic (exact) mass is 566 g/mol. The van der Waals surface area contributed by atoms with E-state index in [0.29, 0.717) is 27.9 Å². The Morgan fingerprint density at radius 2 is 1.35 bits per heavy atom. The molecular formula is C36H26N2O5. The van der Waals surface area contributed by atoms with Crippen LogP contribution in [0.1, 0.15) is 18.9 Å². The third kappa shape index (κ3) is 5.30. The number of nitriles is 1. The fraction of sp³-hybridized carbons (Fsp3) is 0.0833. The summed E-state index contributed by atoms with van der Waals surface area (Å²) in [6, 6.07) is 37.0.